The fraction of sp³-hybridized carbons (Fsp3) is 0.182. The summed E-state index contributed by atoms with van der Waals surface area (Å²) in [4.78, 5) is 17.6. The van der Waals surface area contributed by atoms with Gasteiger partial charge in [-0.15, -0.1) is 0 Å². The van der Waals surface area contributed by atoms with Crippen LogP contribution in [0.2, 0.25) is 0 Å². The summed E-state index contributed by atoms with van der Waals surface area (Å²) in [6, 6.07) is 14.2. The Hall–Kier alpha value is -3.54. The highest BCUT2D eigenvalue weighted by molar-refractivity contribution is 6.27. The van der Waals surface area contributed by atoms with Crippen LogP contribution in [-0.2, 0) is 4.79 Å². The molecule has 28 heavy (non-hydrogen) atoms. The van der Waals surface area contributed by atoms with Gasteiger partial charge in [0.2, 0.25) is 5.78 Å². The van der Waals surface area contributed by atoms with E-state index in [1.165, 1.54) is 0 Å². The second kappa shape index (κ2) is 8.00. The number of hydrogen-bond donors (Lipinski definition) is 4. The lowest BCUT2D eigenvalue weighted by molar-refractivity contribution is -0.112. The Kier molecular flexibility index (Phi) is 5.49. The highest BCUT2D eigenvalue weighted by Crippen LogP contribution is 2.31. The molecule has 0 amide bonds. The molecule has 0 saturated heterocycles. The smallest absolute Gasteiger partial charge is 0.209 e. The Morgan fingerprint density at radius 1 is 0.893 bits per heavy atom. The number of carbonyl (C=O) groups excluding carboxylic acids is 1. The predicted molar refractivity (Wildman–Crippen MR) is 115 cm³/mol. The standard InChI is InChI=1S/C22H24N4O2/c1-3-17-19(25-15-9-5-13(23)6-10-15)21(27)18(4-2)22(28)20(17)26-16-11-7-14(24)8-12-16/h5-12,25,28H,3-4,23-24H2,1-2H3/b26-20+. The molecule has 0 spiro atoms. The topological polar surface area (TPSA) is 114 Å². The molecule has 0 aromatic heterocycles. The molecule has 0 fully saturated rings. The van der Waals surface area contributed by atoms with Gasteiger partial charge < -0.3 is 21.9 Å². The first-order chi connectivity index (χ1) is 13.4. The van der Waals surface area contributed by atoms with Gasteiger partial charge >= 0.3 is 0 Å². The summed E-state index contributed by atoms with van der Waals surface area (Å²) in [6.45, 7) is 3.76. The molecule has 0 radical (unpaired) electrons. The van der Waals surface area contributed by atoms with Crippen LogP contribution in [0.25, 0.3) is 0 Å². The fourth-order valence-electron chi connectivity index (χ4n) is 3.11. The van der Waals surface area contributed by atoms with Gasteiger partial charge in [-0.05, 0) is 61.4 Å². The zero-order chi connectivity index (χ0) is 20.3. The second-order valence-electron chi connectivity index (χ2n) is 6.52. The van der Waals surface area contributed by atoms with Crippen LogP contribution < -0.4 is 16.8 Å². The van der Waals surface area contributed by atoms with Gasteiger partial charge in [0.1, 0.15) is 11.5 Å². The van der Waals surface area contributed by atoms with Crippen molar-refractivity contribution in [3.8, 4) is 0 Å². The minimum absolute atomic E-state index is 0.0657. The van der Waals surface area contributed by atoms with Crippen LogP contribution in [0.1, 0.15) is 26.7 Å². The first kappa shape index (κ1) is 19.2. The van der Waals surface area contributed by atoms with Gasteiger partial charge in [0.25, 0.3) is 0 Å². The number of allylic oxidation sites excluding steroid dienone is 2. The number of nitrogens with two attached hydrogens (primary N) is 2. The van der Waals surface area contributed by atoms with Gasteiger partial charge in [0.05, 0.1) is 11.4 Å². The average molecular weight is 376 g/mol. The van der Waals surface area contributed by atoms with Crippen molar-refractivity contribution >= 4 is 34.2 Å². The Balaban J connectivity index is 2.12. The quantitative estimate of drug-likeness (QED) is 0.453. The summed E-state index contributed by atoms with van der Waals surface area (Å²) in [6.07, 6.45) is 0.924. The number of ketones is 1. The number of aliphatic hydroxyl groups is 1. The van der Waals surface area contributed by atoms with Crippen LogP contribution in [0.3, 0.4) is 0 Å². The molecule has 6 N–H and O–H groups in total. The second-order valence-corrected chi connectivity index (χ2v) is 6.52. The lowest BCUT2D eigenvalue weighted by atomic mass is 9.88. The number of nitrogens with one attached hydrogen (secondary N) is 1. The van der Waals surface area contributed by atoms with E-state index in [0.717, 1.165) is 5.69 Å². The third kappa shape index (κ3) is 3.76. The van der Waals surface area contributed by atoms with Crippen LogP contribution in [0.15, 0.2) is 76.1 Å². The summed E-state index contributed by atoms with van der Waals surface area (Å²) >= 11 is 0. The normalized spacial score (nSPS) is 16.1. The molecular weight excluding hydrogens is 352 g/mol. The fourth-order valence-corrected chi connectivity index (χ4v) is 3.11. The summed E-state index contributed by atoms with van der Waals surface area (Å²) in [5.74, 6) is -0.283. The molecule has 0 heterocycles. The van der Waals surface area contributed by atoms with Crippen LogP contribution in [0.4, 0.5) is 22.7 Å². The zero-order valence-corrected chi connectivity index (χ0v) is 16.0. The average Bonchev–Trinajstić information content (AvgIpc) is 2.69. The number of benzene rings is 2. The molecule has 3 rings (SSSR count). The van der Waals surface area contributed by atoms with Gasteiger partial charge in [0.15, 0.2) is 0 Å². The number of nitrogens with zero attached hydrogens (tertiary/aromatic N) is 1. The third-order valence-electron chi connectivity index (χ3n) is 4.62. The lowest BCUT2D eigenvalue weighted by Gasteiger charge is -2.24. The molecule has 0 aliphatic heterocycles. The van der Waals surface area contributed by atoms with E-state index in [0.29, 0.717) is 52.5 Å². The van der Waals surface area contributed by atoms with Gasteiger partial charge in [-0.25, -0.2) is 4.99 Å². The maximum absolute atomic E-state index is 13.0. The molecule has 1 aliphatic rings. The van der Waals surface area contributed by atoms with Crippen molar-refractivity contribution in [3.05, 3.63) is 71.1 Å². The Bertz CT molecular complexity index is 984. The van der Waals surface area contributed by atoms with Crippen molar-refractivity contribution in [1.29, 1.82) is 0 Å². The molecule has 6 heteroatoms. The lowest BCUT2D eigenvalue weighted by Crippen LogP contribution is -2.27. The first-order valence-electron chi connectivity index (χ1n) is 9.22. The number of Topliss-reactive ketones (excluding diaryl/α,β-unsaturated/α-hetero) is 1. The van der Waals surface area contributed by atoms with Crippen LogP contribution in [0.5, 0.6) is 0 Å². The summed E-state index contributed by atoms with van der Waals surface area (Å²) in [7, 11) is 0. The number of carbonyl (C=O) groups is 1. The Morgan fingerprint density at radius 3 is 1.96 bits per heavy atom. The van der Waals surface area contributed by atoms with Crippen molar-refractivity contribution in [3.63, 3.8) is 0 Å². The Morgan fingerprint density at radius 2 is 1.43 bits per heavy atom. The number of rotatable bonds is 5. The number of nitrogen functional groups attached to an aromatic ring is 2. The van der Waals surface area contributed by atoms with E-state index in [1.807, 2.05) is 26.0 Å². The van der Waals surface area contributed by atoms with E-state index in [4.69, 9.17) is 11.5 Å². The molecule has 0 atom stereocenters. The summed E-state index contributed by atoms with van der Waals surface area (Å²) in [5, 5.41) is 14.0. The highest BCUT2D eigenvalue weighted by Gasteiger charge is 2.31. The molecule has 0 saturated carbocycles. The molecule has 6 nitrogen and oxygen atoms in total. The maximum atomic E-state index is 13.0. The van der Waals surface area contributed by atoms with Crippen LogP contribution in [0, 0.1) is 0 Å². The summed E-state index contributed by atoms with van der Waals surface area (Å²) < 4.78 is 0. The van der Waals surface area contributed by atoms with E-state index in [2.05, 4.69) is 10.3 Å². The van der Waals surface area contributed by atoms with Gasteiger partial charge in [-0.1, -0.05) is 13.8 Å². The third-order valence-corrected chi connectivity index (χ3v) is 4.62. The minimum Gasteiger partial charge on any atom is -0.505 e. The molecule has 0 bridgehead atoms. The van der Waals surface area contributed by atoms with Crippen LogP contribution in [-0.4, -0.2) is 16.6 Å². The SMILES string of the molecule is CCC1=C(O)/C(=N/c2ccc(N)cc2)C(CC)=C(Nc2ccc(N)cc2)C1=O. The van der Waals surface area contributed by atoms with Crippen molar-refractivity contribution in [2.45, 2.75) is 26.7 Å². The van der Waals surface area contributed by atoms with E-state index < -0.39 is 0 Å². The summed E-state index contributed by atoms with van der Waals surface area (Å²) in [5.41, 5.74) is 16.0. The molecule has 2 aromatic rings. The van der Waals surface area contributed by atoms with E-state index in [-0.39, 0.29) is 11.5 Å². The van der Waals surface area contributed by atoms with Gasteiger partial charge in [-0.2, -0.15) is 0 Å². The molecule has 1 aliphatic carbocycles. The maximum Gasteiger partial charge on any atom is 0.209 e. The van der Waals surface area contributed by atoms with Gasteiger partial charge in [0, 0.05) is 28.2 Å². The minimum atomic E-state index is -0.218. The monoisotopic (exact) mass is 376 g/mol. The van der Waals surface area contributed by atoms with E-state index in [1.54, 1.807) is 36.4 Å². The number of aliphatic imine (C=N–C) groups is 1. The Labute approximate surface area is 164 Å². The highest BCUT2D eigenvalue weighted by atomic mass is 16.3. The van der Waals surface area contributed by atoms with Crippen molar-refractivity contribution in [1.82, 2.24) is 0 Å². The number of aliphatic hydroxyl groups excluding tert-OH is 1. The van der Waals surface area contributed by atoms with E-state index in [9.17, 15) is 9.90 Å². The first-order valence-corrected chi connectivity index (χ1v) is 9.22. The number of hydrogen-bond acceptors (Lipinski definition) is 6. The van der Waals surface area contributed by atoms with Crippen molar-refractivity contribution < 1.29 is 9.90 Å². The van der Waals surface area contributed by atoms with Crippen molar-refractivity contribution in [2.75, 3.05) is 16.8 Å². The zero-order valence-electron chi connectivity index (χ0n) is 16.0. The van der Waals surface area contributed by atoms with Crippen molar-refractivity contribution in [2.24, 2.45) is 4.99 Å². The largest absolute Gasteiger partial charge is 0.505 e. The molecular formula is C22H24N4O2. The molecule has 0 unspecified atom stereocenters. The van der Waals surface area contributed by atoms with Crippen LogP contribution >= 0.6 is 0 Å². The molecule has 2 aromatic carbocycles. The number of anilines is 3. The molecule has 144 valence electrons. The van der Waals surface area contributed by atoms with E-state index >= 15 is 0 Å². The van der Waals surface area contributed by atoms with Gasteiger partial charge in [-0.3, -0.25) is 4.79 Å². The predicted octanol–water partition coefficient (Wildman–Crippen LogP) is 4.50.